The van der Waals surface area contributed by atoms with Crippen LogP contribution in [0.2, 0.25) is 0 Å². The van der Waals surface area contributed by atoms with Crippen LogP contribution in [0.5, 0.6) is 0 Å². The lowest BCUT2D eigenvalue weighted by molar-refractivity contribution is -0.258. The highest BCUT2D eigenvalue weighted by molar-refractivity contribution is 8.02. The summed E-state index contributed by atoms with van der Waals surface area (Å²) in [4.78, 5) is 13.5. The Morgan fingerprint density at radius 2 is 1.94 bits per heavy atom. The number of anilines is 1. The summed E-state index contributed by atoms with van der Waals surface area (Å²) in [5.41, 5.74) is 1.76. The summed E-state index contributed by atoms with van der Waals surface area (Å²) in [5.74, 6) is 0.833. The number of aryl methyl sites for hydroxylation is 2. The number of thioether (sulfide) groups is 1. The number of aromatic nitrogens is 2. The first kappa shape index (κ1) is 26.1. The largest absolute Gasteiger partial charge is 0.412 e. The standard InChI is InChI=1S/C19H21F6N5S2/c1-4-15-30-11(2)16(32-15)13(26-3)9-31-10-29-14-6-5-12(7-27-14)8-28-17(18(20,21)22)19(23,24)25/h5-7,9,17,28H,3-4,8,10H2,1-2H3,(H,27,29)/b13-9-. The van der Waals surface area contributed by atoms with E-state index in [-0.39, 0.29) is 5.56 Å². The Bertz CT molecular complexity index is 908. The Morgan fingerprint density at radius 3 is 2.44 bits per heavy atom. The highest BCUT2D eigenvalue weighted by atomic mass is 32.2. The fourth-order valence-corrected chi connectivity index (χ4v) is 4.23. The van der Waals surface area contributed by atoms with Crippen LogP contribution in [0.25, 0.3) is 5.70 Å². The van der Waals surface area contributed by atoms with Gasteiger partial charge in [-0.3, -0.25) is 10.3 Å². The van der Waals surface area contributed by atoms with Gasteiger partial charge in [0.1, 0.15) is 5.82 Å². The molecule has 0 saturated carbocycles. The minimum Gasteiger partial charge on any atom is -0.361 e. The van der Waals surface area contributed by atoms with Gasteiger partial charge in [-0.15, -0.1) is 23.1 Å². The van der Waals surface area contributed by atoms with Gasteiger partial charge < -0.3 is 5.32 Å². The highest BCUT2D eigenvalue weighted by Crippen LogP contribution is 2.33. The zero-order valence-electron chi connectivity index (χ0n) is 17.1. The molecule has 2 aromatic rings. The van der Waals surface area contributed by atoms with Crippen molar-refractivity contribution in [3.05, 3.63) is 44.9 Å². The van der Waals surface area contributed by atoms with Gasteiger partial charge in [0.25, 0.3) is 0 Å². The number of alkyl halides is 6. The Balaban J connectivity index is 1.89. The molecule has 0 amide bonds. The zero-order chi connectivity index (χ0) is 23.9. The molecule has 0 atom stereocenters. The van der Waals surface area contributed by atoms with Crippen molar-refractivity contribution >= 4 is 41.3 Å². The smallest absolute Gasteiger partial charge is 0.361 e. The molecule has 0 unspecified atom stereocenters. The SMILES string of the molecule is C=N/C(=C\SCNc1ccc(CNC(C(F)(F)F)C(F)(F)F)cn1)c1sc(CC)nc1C. The fraction of sp³-hybridized carbons (Fsp3) is 0.421. The minimum atomic E-state index is -5.44. The van der Waals surface area contributed by atoms with Crippen molar-refractivity contribution in [2.45, 2.75) is 45.2 Å². The molecule has 2 heterocycles. The number of halogens is 6. The van der Waals surface area contributed by atoms with Crippen LogP contribution in [-0.2, 0) is 13.0 Å². The second-order valence-corrected chi connectivity index (χ2v) is 8.41. The van der Waals surface area contributed by atoms with Gasteiger partial charge in [0, 0.05) is 12.7 Å². The Kier molecular flexibility index (Phi) is 9.10. The summed E-state index contributed by atoms with van der Waals surface area (Å²) in [6, 6.07) is -0.722. The first-order chi connectivity index (χ1) is 15.0. The predicted molar refractivity (Wildman–Crippen MR) is 117 cm³/mol. The molecule has 0 bridgehead atoms. The molecule has 32 heavy (non-hydrogen) atoms. The number of hydrogen-bond acceptors (Lipinski definition) is 7. The van der Waals surface area contributed by atoms with Crippen LogP contribution in [0.3, 0.4) is 0 Å². The molecular weight excluding hydrogens is 476 g/mol. The normalized spacial score (nSPS) is 13.0. The minimum absolute atomic E-state index is 0.187. The van der Waals surface area contributed by atoms with E-state index in [0.717, 1.165) is 22.0 Å². The third-order valence-electron chi connectivity index (χ3n) is 4.07. The van der Waals surface area contributed by atoms with E-state index in [9.17, 15) is 26.3 Å². The lowest BCUT2D eigenvalue weighted by atomic mass is 10.2. The van der Waals surface area contributed by atoms with Crippen molar-refractivity contribution in [3.63, 3.8) is 0 Å². The average molecular weight is 498 g/mol. The molecule has 0 aliphatic heterocycles. The average Bonchev–Trinajstić information content (AvgIpc) is 3.08. The summed E-state index contributed by atoms with van der Waals surface area (Å²) < 4.78 is 75.4. The number of nitrogens with one attached hydrogen (secondary N) is 2. The summed E-state index contributed by atoms with van der Waals surface area (Å²) in [7, 11) is 0. The van der Waals surface area contributed by atoms with E-state index < -0.39 is 24.9 Å². The van der Waals surface area contributed by atoms with Crippen LogP contribution in [0, 0.1) is 6.92 Å². The second kappa shape index (κ2) is 11.1. The van der Waals surface area contributed by atoms with Crippen molar-refractivity contribution in [2.75, 3.05) is 11.2 Å². The van der Waals surface area contributed by atoms with Gasteiger partial charge in [-0.2, -0.15) is 26.3 Å². The van der Waals surface area contributed by atoms with E-state index in [2.05, 4.69) is 27.0 Å². The monoisotopic (exact) mass is 497 g/mol. The molecule has 2 N–H and O–H groups in total. The molecule has 0 radical (unpaired) electrons. The summed E-state index contributed by atoms with van der Waals surface area (Å²) in [6.45, 7) is 6.88. The van der Waals surface area contributed by atoms with Gasteiger partial charge in [0.2, 0.25) is 6.04 Å². The summed E-state index contributed by atoms with van der Waals surface area (Å²) >= 11 is 2.95. The molecule has 0 fully saturated rings. The number of aliphatic imine (C=N–C) groups is 1. The molecule has 0 aliphatic rings. The molecule has 176 valence electrons. The van der Waals surface area contributed by atoms with Crippen molar-refractivity contribution in [2.24, 2.45) is 4.99 Å². The summed E-state index contributed by atoms with van der Waals surface area (Å²) in [6.07, 6.45) is -8.84. The molecule has 2 aromatic heterocycles. The van der Waals surface area contributed by atoms with Gasteiger partial charge in [0.05, 0.1) is 27.2 Å². The highest BCUT2D eigenvalue weighted by Gasteiger charge is 2.56. The Morgan fingerprint density at radius 1 is 1.25 bits per heavy atom. The van der Waals surface area contributed by atoms with Crippen LogP contribution < -0.4 is 10.6 Å². The first-order valence-corrected chi connectivity index (χ1v) is 11.1. The van der Waals surface area contributed by atoms with Crippen LogP contribution in [0.4, 0.5) is 32.2 Å². The third kappa shape index (κ3) is 7.48. The molecule has 5 nitrogen and oxygen atoms in total. The van der Waals surface area contributed by atoms with E-state index in [1.807, 2.05) is 19.3 Å². The maximum Gasteiger partial charge on any atom is 0.412 e. The van der Waals surface area contributed by atoms with E-state index in [0.29, 0.717) is 17.4 Å². The predicted octanol–water partition coefficient (Wildman–Crippen LogP) is 5.79. The topological polar surface area (TPSA) is 62.2 Å². The molecule has 2 rings (SSSR count). The molecule has 0 spiro atoms. The molecule has 0 saturated heterocycles. The van der Waals surface area contributed by atoms with Crippen molar-refractivity contribution < 1.29 is 26.3 Å². The number of nitrogens with zero attached hydrogens (tertiary/aromatic N) is 3. The van der Waals surface area contributed by atoms with Crippen LogP contribution in [-0.4, -0.2) is 41.0 Å². The quantitative estimate of drug-likeness (QED) is 0.188. The fourth-order valence-electron chi connectivity index (χ4n) is 2.51. The lowest BCUT2D eigenvalue weighted by Gasteiger charge is -2.23. The Labute approximate surface area is 189 Å². The molecular formula is C19H21F6N5S2. The van der Waals surface area contributed by atoms with E-state index in [1.165, 1.54) is 35.4 Å². The van der Waals surface area contributed by atoms with Crippen LogP contribution >= 0.6 is 23.1 Å². The number of thiazole rings is 1. The van der Waals surface area contributed by atoms with E-state index in [1.54, 1.807) is 11.3 Å². The zero-order valence-corrected chi connectivity index (χ0v) is 18.8. The van der Waals surface area contributed by atoms with E-state index in [4.69, 9.17) is 0 Å². The van der Waals surface area contributed by atoms with Gasteiger partial charge in [-0.05, 0) is 37.1 Å². The third-order valence-corrected chi connectivity index (χ3v) is 6.09. The molecule has 0 aromatic carbocycles. The van der Waals surface area contributed by atoms with Crippen LogP contribution in [0.1, 0.15) is 28.1 Å². The number of hydrogen-bond donors (Lipinski definition) is 2. The second-order valence-electron chi connectivity index (χ2n) is 6.47. The lowest BCUT2D eigenvalue weighted by Crippen LogP contribution is -2.52. The maximum absolute atomic E-state index is 12.6. The molecule has 13 heteroatoms. The molecule has 0 aliphatic carbocycles. The van der Waals surface area contributed by atoms with Crippen molar-refractivity contribution in [1.82, 2.24) is 15.3 Å². The van der Waals surface area contributed by atoms with Gasteiger partial charge >= 0.3 is 12.4 Å². The van der Waals surface area contributed by atoms with Gasteiger partial charge in [-0.25, -0.2) is 9.97 Å². The maximum atomic E-state index is 12.6. The number of rotatable bonds is 10. The number of pyridine rings is 1. The van der Waals surface area contributed by atoms with Crippen molar-refractivity contribution in [1.29, 1.82) is 0 Å². The van der Waals surface area contributed by atoms with E-state index >= 15 is 0 Å². The first-order valence-electron chi connectivity index (χ1n) is 9.26. The summed E-state index contributed by atoms with van der Waals surface area (Å²) in [5, 5.41) is 7.32. The van der Waals surface area contributed by atoms with Crippen molar-refractivity contribution in [3.8, 4) is 0 Å². The van der Waals surface area contributed by atoms with Gasteiger partial charge in [-0.1, -0.05) is 13.0 Å². The van der Waals surface area contributed by atoms with Crippen LogP contribution in [0.15, 0.2) is 28.7 Å². The van der Waals surface area contributed by atoms with Gasteiger partial charge in [0.15, 0.2) is 0 Å². The Hall–Kier alpha value is -2.12.